The van der Waals surface area contributed by atoms with E-state index in [1.165, 1.54) is 6.42 Å². The van der Waals surface area contributed by atoms with E-state index in [-0.39, 0.29) is 17.4 Å². The second-order valence-corrected chi connectivity index (χ2v) is 10.3. The van der Waals surface area contributed by atoms with Crippen LogP contribution >= 0.6 is 11.6 Å². The molecular formula is C23H27ClN2O3. The van der Waals surface area contributed by atoms with Crippen LogP contribution < -0.4 is 5.32 Å². The third-order valence-electron chi connectivity index (χ3n) is 7.14. The van der Waals surface area contributed by atoms with E-state index in [0.29, 0.717) is 23.2 Å². The zero-order valence-electron chi connectivity index (χ0n) is 16.9. The number of carbonyl (C=O) groups excluding carboxylic acids is 2. The number of aromatic amines is 1. The number of amides is 1. The second kappa shape index (κ2) is 6.49. The van der Waals surface area contributed by atoms with E-state index in [2.05, 4.69) is 10.3 Å². The van der Waals surface area contributed by atoms with Crippen LogP contribution in [0.1, 0.15) is 61.5 Å². The Morgan fingerprint density at radius 2 is 1.97 bits per heavy atom. The van der Waals surface area contributed by atoms with E-state index in [4.69, 9.17) is 16.3 Å². The molecule has 4 aliphatic carbocycles. The summed E-state index contributed by atoms with van der Waals surface area (Å²) in [4.78, 5) is 29.1. The highest BCUT2D eigenvalue weighted by Crippen LogP contribution is 2.64. The van der Waals surface area contributed by atoms with Crippen molar-refractivity contribution in [2.24, 2.45) is 17.3 Å². The maximum atomic E-state index is 13.6. The van der Waals surface area contributed by atoms with E-state index >= 15 is 0 Å². The molecule has 6 heteroatoms. The fourth-order valence-corrected chi connectivity index (χ4v) is 7.15. The molecule has 4 fully saturated rings. The van der Waals surface area contributed by atoms with Gasteiger partial charge in [-0.2, -0.15) is 0 Å². The standard InChI is InChI=1S/C23H27ClN2O3/c1-3-29-20(27)19-18(16-6-13(2)4-5-17(16)25-19)26-21(28)22-8-14-7-15(9-22)11-23(24,10-14)12-22/h4-6,14-15,25H,3,7-12H2,1-2H3,(H,26,28)/t14-,15-,22?,23?/m1/s1. The molecule has 1 aromatic heterocycles. The lowest BCUT2D eigenvalue weighted by Gasteiger charge is -2.59. The van der Waals surface area contributed by atoms with Crippen LogP contribution in [0.15, 0.2) is 18.2 Å². The second-order valence-electron chi connectivity index (χ2n) is 9.49. The third kappa shape index (κ3) is 3.05. The lowest BCUT2D eigenvalue weighted by molar-refractivity contribution is -0.138. The van der Waals surface area contributed by atoms with Gasteiger partial charge < -0.3 is 15.0 Å². The highest BCUT2D eigenvalue weighted by Gasteiger charge is 2.60. The molecule has 4 saturated carbocycles. The summed E-state index contributed by atoms with van der Waals surface area (Å²) in [5.41, 5.74) is 2.30. The summed E-state index contributed by atoms with van der Waals surface area (Å²) in [6.45, 7) is 4.05. The van der Waals surface area contributed by atoms with Crippen molar-refractivity contribution in [3.63, 3.8) is 0 Å². The molecule has 1 aromatic carbocycles. The Hall–Kier alpha value is -2.01. The Morgan fingerprint density at radius 1 is 1.24 bits per heavy atom. The average Bonchev–Trinajstić information content (AvgIpc) is 2.98. The van der Waals surface area contributed by atoms with Crippen LogP contribution in [-0.4, -0.2) is 28.3 Å². The van der Waals surface area contributed by atoms with Gasteiger partial charge in [0.2, 0.25) is 5.91 Å². The minimum Gasteiger partial charge on any atom is -0.461 e. The first-order valence-electron chi connectivity index (χ1n) is 10.6. The van der Waals surface area contributed by atoms with E-state index in [1.54, 1.807) is 6.92 Å². The number of carbonyl (C=O) groups is 2. The van der Waals surface area contributed by atoms with Gasteiger partial charge in [0.1, 0.15) is 5.69 Å². The molecule has 2 N–H and O–H groups in total. The van der Waals surface area contributed by atoms with Crippen molar-refractivity contribution in [1.29, 1.82) is 0 Å². The Labute approximate surface area is 175 Å². The van der Waals surface area contributed by atoms with Gasteiger partial charge in [0.25, 0.3) is 0 Å². The van der Waals surface area contributed by atoms with Crippen molar-refractivity contribution in [1.82, 2.24) is 4.98 Å². The minimum atomic E-state index is -0.448. The van der Waals surface area contributed by atoms with Crippen molar-refractivity contribution in [3.05, 3.63) is 29.5 Å². The number of hydrogen-bond donors (Lipinski definition) is 2. The van der Waals surface area contributed by atoms with Crippen molar-refractivity contribution in [2.45, 2.75) is 57.2 Å². The molecule has 0 unspecified atom stereocenters. The monoisotopic (exact) mass is 414 g/mol. The molecule has 1 amide bonds. The molecule has 6 rings (SSSR count). The lowest BCUT2D eigenvalue weighted by atomic mass is 9.49. The van der Waals surface area contributed by atoms with Gasteiger partial charge in [0, 0.05) is 15.8 Å². The number of ether oxygens (including phenoxy) is 1. The van der Waals surface area contributed by atoms with Crippen LogP contribution in [0.2, 0.25) is 0 Å². The third-order valence-corrected chi connectivity index (χ3v) is 7.59. The summed E-state index contributed by atoms with van der Waals surface area (Å²) in [5, 5.41) is 3.98. The van der Waals surface area contributed by atoms with Gasteiger partial charge in [-0.25, -0.2) is 4.79 Å². The summed E-state index contributed by atoms with van der Waals surface area (Å²) in [6, 6.07) is 5.91. The van der Waals surface area contributed by atoms with Crippen LogP contribution in [0, 0.1) is 24.2 Å². The zero-order valence-corrected chi connectivity index (χ0v) is 17.7. The molecule has 0 radical (unpaired) electrons. The van der Waals surface area contributed by atoms with Crippen molar-refractivity contribution < 1.29 is 14.3 Å². The molecule has 4 bridgehead atoms. The molecule has 2 atom stereocenters. The number of rotatable bonds is 4. The average molecular weight is 415 g/mol. The number of nitrogens with one attached hydrogen (secondary N) is 2. The highest BCUT2D eigenvalue weighted by atomic mass is 35.5. The maximum Gasteiger partial charge on any atom is 0.356 e. The Morgan fingerprint density at radius 3 is 2.62 bits per heavy atom. The van der Waals surface area contributed by atoms with Crippen LogP contribution in [-0.2, 0) is 9.53 Å². The van der Waals surface area contributed by atoms with Crippen LogP contribution in [0.3, 0.4) is 0 Å². The summed E-state index contributed by atoms with van der Waals surface area (Å²) < 4.78 is 5.23. The van der Waals surface area contributed by atoms with Crippen LogP contribution in [0.4, 0.5) is 5.69 Å². The first kappa shape index (κ1) is 19.0. The van der Waals surface area contributed by atoms with E-state index < -0.39 is 11.4 Å². The van der Waals surface area contributed by atoms with Crippen molar-refractivity contribution >= 4 is 40.1 Å². The normalized spacial score (nSPS) is 32.5. The summed E-state index contributed by atoms with van der Waals surface area (Å²) >= 11 is 6.92. The quantitative estimate of drug-likeness (QED) is 0.535. The van der Waals surface area contributed by atoms with E-state index in [9.17, 15) is 9.59 Å². The smallest absolute Gasteiger partial charge is 0.356 e. The Bertz CT molecular complexity index is 997. The minimum absolute atomic E-state index is 0.00424. The van der Waals surface area contributed by atoms with E-state index in [0.717, 1.165) is 48.6 Å². The van der Waals surface area contributed by atoms with Gasteiger partial charge in [0.15, 0.2) is 0 Å². The number of benzene rings is 1. The molecule has 5 nitrogen and oxygen atoms in total. The molecule has 4 aliphatic rings. The molecule has 29 heavy (non-hydrogen) atoms. The van der Waals surface area contributed by atoms with Gasteiger partial charge in [-0.05, 0) is 76.3 Å². The topological polar surface area (TPSA) is 71.2 Å². The first-order chi connectivity index (χ1) is 13.8. The summed E-state index contributed by atoms with van der Waals surface area (Å²) in [7, 11) is 0. The lowest BCUT2D eigenvalue weighted by Crippen LogP contribution is -2.57. The van der Waals surface area contributed by atoms with Crippen LogP contribution in [0.5, 0.6) is 0 Å². The zero-order chi connectivity index (χ0) is 20.4. The predicted molar refractivity (Wildman–Crippen MR) is 113 cm³/mol. The number of hydrogen-bond acceptors (Lipinski definition) is 3. The van der Waals surface area contributed by atoms with Gasteiger partial charge >= 0.3 is 5.97 Å². The number of esters is 1. The number of aromatic nitrogens is 1. The number of aryl methyl sites for hydroxylation is 1. The molecule has 154 valence electrons. The van der Waals surface area contributed by atoms with E-state index in [1.807, 2.05) is 25.1 Å². The van der Waals surface area contributed by atoms with Crippen LogP contribution in [0.25, 0.3) is 10.9 Å². The molecule has 1 heterocycles. The number of alkyl halides is 1. The number of H-pyrrole nitrogens is 1. The van der Waals surface area contributed by atoms with Gasteiger partial charge in [-0.1, -0.05) is 11.6 Å². The van der Waals surface area contributed by atoms with Gasteiger partial charge in [-0.15, -0.1) is 11.6 Å². The predicted octanol–water partition coefficient (Wildman–Crippen LogP) is 5.17. The largest absolute Gasteiger partial charge is 0.461 e. The fraction of sp³-hybridized carbons (Fsp3) is 0.565. The number of halogens is 1. The summed E-state index contributed by atoms with van der Waals surface area (Å²) in [6.07, 6.45) is 5.79. The highest BCUT2D eigenvalue weighted by molar-refractivity contribution is 6.24. The molecule has 2 aromatic rings. The maximum absolute atomic E-state index is 13.6. The SMILES string of the molecule is CCOC(=O)c1[nH]c2ccc(C)cc2c1NC(=O)C12C[C@H]3C[C@@H](CC(Cl)(C3)C1)C2. The molecule has 0 spiro atoms. The van der Waals surface area contributed by atoms with Gasteiger partial charge in [0.05, 0.1) is 17.7 Å². The molecule has 0 saturated heterocycles. The van der Waals surface area contributed by atoms with Gasteiger partial charge in [-0.3, -0.25) is 4.79 Å². The summed E-state index contributed by atoms with van der Waals surface area (Å²) in [5.74, 6) is 0.629. The molecule has 0 aliphatic heterocycles. The van der Waals surface area contributed by atoms with Crippen molar-refractivity contribution in [3.8, 4) is 0 Å². The first-order valence-corrected chi connectivity index (χ1v) is 11.0. The fourth-order valence-electron chi connectivity index (χ4n) is 6.45. The van der Waals surface area contributed by atoms with Crippen molar-refractivity contribution in [2.75, 3.05) is 11.9 Å². The molecular weight excluding hydrogens is 388 g/mol. The number of fused-ring (bicyclic) bond motifs is 1. The number of anilines is 1. The Kier molecular flexibility index (Phi) is 4.25. The Balaban J connectivity index is 1.53.